The third-order valence-corrected chi connectivity index (χ3v) is 3.97. The van der Waals surface area contributed by atoms with Crippen molar-refractivity contribution in [2.75, 3.05) is 0 Å². The molecule has 0 aromatic heterocycles. The van der Waals surface area contributed by atoms with Crippen LogP contribution in [0, 0.1) is 5.41 Å². The van der Waals surface area contributed by atoms with E-state index in [0.29, 0.717) is 5.56 Å². The van der Waals surface area contributed by atoms with Crippen LogP contribution in [0.25, 0.3) is 0 Å². The number of benzene rings is 1. The average molecular weight is 250 g/mol. The van der Waals surface area contributed by atoms with Crippen molar-refractivity contribution in [3.05, 3.63) is 35.4 Å². The van der Waals surface area contributed by atoms with Crippen molar-refractivity contribution in [1.82, 2.24) is 0 Å². The van der Waals surface area contributed by atoms with Gasteiger partial charge in [0.15, 0.2) is 12.1 Å². The molecule has 3 heteroatoms. The highest BCUT2D eigenvalue weighted by Crippen LogP contribution is 2.43. The van der Waals surface area contributed by atoms with Gasteiger partial charge in [0.05, 0.1) is 0 Å². The van der Waals surface area contributed by atoms with Crippen molar-refractivity contribution in [2.45, 2.75) is 46.3 Å². The summed E-state index contributed by atoms with van der Waals surface area (Å²) in [6, 6.07) is 7.04. The molecule has 0 saturated carbocycles. The molecule has 0 bridgehead atoms. The van der Waals surface area contributed by atoms with E-state index in [4.69, 9.17) is 0 Å². The Balaban J connectivity index is 3.28. The van der Waals surface area contributed by atoms with Crippen LogP contribution in [0.3, 0.4) is 0 Å². The van der Waals surface area contributed by atoms with Gasteiger partial charge in [-0.05, 0) is 17.9 Å². The van der Waals surface area contributed by atoms with Crippen LogP contribution in [0.1, 0.15) is 50.5 Å². The number of ketones is 1. The molecule has 18 heavy (non-hydrogen) atoms. The van der Waals surface area contributed by atoms with Gasteiger partial charge in [0.25, 0.3) is 0 Å². The van der Waals surface area contributed by atoms with E-state index in [1.807, 2.05) is 27.7 Å². The summed E-state index contributed by atoms with van der Waals surface area (Å²) in [6.07, 6.45) is -1.46. The number of Topliss-reactive ketones (excluding diaryl/α,β-unsaturated/α-hetero) is 1. The first kappa shape index (κ1) is 14.9. The summed E-state index contributed by atoms with van der Waals surface area (Å²) in [5, 5.41) is 19.5. The lowest BCUT2D eigenvalue weighted by atomic mass is 9.63. The molecule has 1 unspecified atom stereocenters. The van der Waals surface area contributed by atoms with Crippen LogP contribution < -0.4 is 0 Å². The van der Waals surface area contributed by atoms with Crippen LogP contribution in [0.5, 0.6) is 0 Å². The molecule has 0 saturated heterocycles. The van der Waals surface area contributed by atoms with E-state index in [-0.39, 0.29) is 11.2 Å². The summed E-state index contributed by atoms with van der Waals surface area (Å²) in [5.74, 6) is 0.00330. The molecule has 1 aromatic carbocycles. The molecule has 0 radical (unpaired) electrons. The zero-order chi connectivity index (χ0) is 14.1. The van der Waals surface area contributed by atoms with Gasteiger partial charge in [-0.15, -0.1) is 0 Å². The van der Waals surface area contributed by atoms with Gasteiger partial charge in [-0.3, -0.25) is 4.79 Å². The van der Waals surface area contributed by atoms with Crippen molar-refractivity contribution in [1.29, 1.82) is 0 Å². The Bertz CT molecular complexity index is 426. The first-order valence-electron chi connectivity index (χ1n) is 6.08. The number of carbonyl (C=O) groups excluding carboxylic acids is 1. The Kier molecular flexibility index (Phi) is 3.99. The fourth-order valence-corrected chi connectivity index (χ4v) is 2.02. The maximum absolute atomic E-state index is 11.2. The summed E-state index contributed by atoms with van der Waals surface area (Å²) in [4.78, 5) is 11.2. The molecule has 1 atom stereocenters. The summed E-state index contributed by atoms with van der Waals surface area (Å²) < 4.78 is 0. The van der Waals surface area contributed by atoms with Crippen LogP contribution >= 0.6 is 0 Å². The second kappa shape index (κ2) is 4.82. The Labute approximate surface area is 108 Å². The second-order valence-electron chi connectivity index (χ2n) is 5.96. The van der Waals surface area contributed by atoms with Crippen molar-refractivity contribution in [3.63, 3.8) is 0 Å². The quantitative estimate of drug-likeness (QED) is 0.640. The molecule has 0 spiro atoms. The lowest BCUT2D eigenvalue weighted by molar-refractivity contribution is -0.128. The van der Waals surface area contributed by atoms with E-state index in [2.05, 4.69) is 0 Å². The van der Waals surface area contributed by atoms with E-state index >= 15 is 0 Å². The molecule has 1 aromatic rings. The summed E-state index contributed by atoms with van der Waals surface area (Å²) in [6.45, 7) is 9.22. The molecular formula is C15H22O3. The van der Waals surface area contributed by atoms with Gasteiger partial charge >= 0.3 is 0 Å². The zero-order valence-electron chi connectivity index (χ0n) is 11.7. The van der Waals surface area contributed by atoms with Crippen LogP contribution in [0.15, 0.2) is 24.3 Å². The summed E-state index contributed by atoms with van der Waals surface area (Å²) >= 11 is 0. The second-order valence-corrected chi connectivity index (χ2v) is 5.96. The number of rotatable bonds is 3. The molecule has 3 nitrogen and oxygen atoms in total. The maximum atomic E-state index is 11.2. The van der Waals surface area contributed by atoms with E-state index in [1.54, 1.807) is 24.3 Å². The van der Waals surface area contributed by atoms with E-state index < -0.39 is 11.7 Å². The third-order valence-electron chi connectivity index (χ3n) is 3.97. The van der Waals surface area contributed by atoms with Crippen LogP contribution in [0.4, 0.5) is 0 Å². The number of aliphatic hydroxyl groups is 2. The van der Waals surface area contributed by atoms with Gasteiger partial charge < -0.3 is 10.2 Å². The minimum absolute atomic E-state index is 0.00330. The van der Waals surface area contributed by atoms with Crippen molar-refractivity contribution < 1.29 is 15.0 Å². The van der Waals surface area contributed by atoms with Gasteiger partial charge in [0.1, 0.15) is 0 Å². The standard InChI is InChI=1S/C15H22O3/c1-10(16)11-6-8-12(9-7-11)15(5,13(17)18)14(2,3)4/h6-9,13,17-18H,1-5H3. The molecule has 0 fully saturated rings. The van der Waals surface area contributed by atoms with Gasteiger partial charge in [0.2, 0.25) is 0 Å². The highest BCUT2D eigenvalue weighted by Gasteiger charge is 2.44. The highest BCUT2D eigenvalue weighted by molar-refractivity contribution is 5.94. The minimum atomic E-state index is -1.46. The first-order valence-corrected chi connectivity index (χ1v) is 6.08. The maximum Gasteiger partial charge on any atom is 0.161 e. The monoisotopic (exact) mass is 250 g/mol. The van der Waals surface area contributed by atoms with Crippen molar-refractivity contribution in [2.24, 2.45) is 5.41 Å². The number of aliphatic hydroxyl groups excluding tert-OH is 1. The Morgan fingerprint density at radius 3 is 1.78 bits per heavy atom. The van der Waals surface area contributed by atoms with Crippen LogP contribution in [-0.2, 0) is 5.41 Å². The summed E-state index contributed by atoms with van der Waals surface area (Å²) in [7, 11) is 0. The van der Waals surface area contributed by atoms with Gasteiger partial charge in [0, 0.05) is 11.0 Å². The van der Waals surface area contributed by atoms with E-state index in [9.17, 15) is 15.0 Å². The Hall–Kier alpha value is -1.19. The van der Waals surface area contributed by atoms with Crippen molar-refractivity contribution in [3.8, 4) is 0 Å². The molecule has 0 aliphatic heterocycles. The average Bonchev–Trinajstić information content (AvgIpc) is 2.26. The highest BCUT2D eigenvalue weighted by atomic mass is 16.5. The molecule has 0 heterocycles. The summed E-state index contributed by atoms with van der Waals surface area (Å²) in [5.41, 5.74) is 0.332. The van der Waals surface area contributed by atoms with Crippen LogP contribution in [-0.4, -0.2) is 22.3 Å². The molecule has 100 valence electrons. The van der Waals surface area contributed by atoms with Gasteiger partial charge in [-0.2, -0.15) is 0 Å². The van der Waals surface area contributed by atoms with Gasteiger partial charge in [-0.25, -0.2) is 0 Å². The van der Waals surface area contributed by atoms with Crippen molar-refractivity contribution >= 4 is 5.78 Å². The molecule has 0 amide bonds. The molecule has 1 rings (SSSR count). The normalized spacial score (nSPS) is 15.6. The predicted molar refractivity (Wildman–Crippen MR) is 71.5 cm³/mol. The van der Waals surface area contributed by atoms with E-state index in [0.717, 1.165) is 5.56 Å². The largest absolute Gasteiger partial charge is 0.367 e. The molecule has 0 aliphatic carbocycles. The Morgan fingerprint density at radius 2 is 1.50 bits per heavy atom. The SMILES string of the molecule is CC(=O)c1ccc(C(C)(C(O)O)C(C)(C)C)cc1. The topological polar surface area (TPSA) is 57.5 Å². The van der Waals surface area contributed by atoms with Crippen LogP contribution in [0.2, 0.25) is 0 Å². The smallest absolute Gasteiger partial charge is 0.161 e. The minimum Gasteiger partial charge on any atom is -0.367 e. The van der Waals surface area contributed by atoms with Gasteiger partial charge in [-0.1, -0.05) is 52.0 Å². The molecule has 0 aliphatic rings. The number of hydrogen-bond donors (Lipinski definition) is 2. The lowest BCUT2D eigenvalue weighted by Gasteiger charge is -2.43. The first-order chi connectivity index (χ1) is 8.10. The number of hydrogen-bond acceptors (Lipinski definition) is 3. The fourth-order valence-electron chi connectivity index (χ4n) is 2.02. The zero-order valence-corrected chi connectivity index (χ0v) is 11.7. The molecular weight excluding hydrogens is 228 g/mol. The Morgan fingerprint density at radius 1 is 1.06 bits per heavy atom. The number of carbonyl (C=O) groups is 1. The van der Waals surface area contributed by atoms with E-state index in [1.165, 1.54) is 6.92 Å². The lowest BCUT2D eigenvalue weighted by Crippen LogP contribution is -2.47. The predicted octanol–water partition coefficient (Wildman–Crippen LogP) is 2.50. The fraction of sp³-hybridized carbons (Fsp3) is 0.533. The third kappa shape index (κ3) is 2.47. The molecule has 2 N–H and O–H groups in total.